The molecule has 0 unspecified atom stereocenters. The van der Waals surface area contributed by atoms with E-state index in [1.54, 1.807) is 0 Å². The van der Waals surface area contributed by atoms with Gasteiger partial charge in [0.05, 0.1) is 26.0 Å². The Hall–Kier alpha value is -2.78. The number of primary amides is 1. The van der Waals surface area contributed by atoms with Gasteiger partial charge in [-0.15, -0.1) is 0 Å². The average Bonchev–Trinajstić information content (AvgIpc) is 3.22. The Morgan fingerprint density at radius 1 is 1.41 bits per heavy atom. The number of fused-ring (bicyclic) bond motifs is 1. The Kier molecular flexibility index (Phi) is 6.60. The summed E-state index contributed by atoms with van der Waals surface area (Å²) in [6.07, 6.45) is -0.622. The lowest BCUT2D eigenvalue weighted by Crippen LogP contribution is -2.33. The predicted octanol–water partition coefficient (Wildman–Crippen LogP) is -0.164. The smallest absolute Gasteiger partial charge is 0.220 e. The minimum atomic E-state index is -1.30. The number of nitrogens with two attached hydrogens (primary N) is 1. The minimum Gasteiger partial charge on any atom is -0.388 e. The van der Waals surface area contributed by atoms with Crippen molar-refractivity contribution in [2.45, 2.75) is 57.1 Å². The molecule has 0 saturated carbocycles. The molecule has 0 aliphatic carbocycles. The highest BCUT2D eigenvalue weighted by Crippen LogP contribution is 2.33. The zero-order valence-corrected chi connectivity index (χ0v) is 16.2. The second kappa shape index (κ2) is 9.15. The summed E-state index contributed by atoms with van der Waals surface area (Å²) in [7, 11) is 1.44. The minimum absolute atomic E-state index is 0.221. The van der Waals surface area contributed by atoms with Crippen LogP contribution in [0.2, 0.25) is 0 Å². The summed E-state index contributed by atoms with van der Waals surface area (Å²) in [5, 5.41) is 20.6. The van der Waals surface area contributed by atoms with Crippen LogP contribution in [0, 0.1) is 11.8 Å². The molecule has 11 nitrogen and oxygen atoms in total. The molecule has 11 heteroatoms. The molecule has 2 aromatic rings. The van der Waals surface area contributed by atoms with E-state index in [0.717, 1.165) is 19.3 Å². The number of aliphatic hydroxyl groups is 2. The Bertz CT molecular complexity index is 936. The molecule has 5 N–H and O–H groups in total. The van der Waals surface area contributed by atoms with E-state index >= 15 is 0 Å². The van der Waals surface area contributed by atoms with Gasteiger partial charge in [0.2, 0.25) is 11.7 Å². The number of hydrogen-bond donors (Lipinski definition) is 4. The second-order valence-electron chi connectivity index (χ2n) is 6.65. The summed E-state index contributed by atoms with van der Waals surface area (Å²) in [5.41, 5.74) is 8.53. The van der Waals surface area contributed by atoms with E-state index in [4.69, 9.17) is 15.3 Å². The molecule has 156 valence electrons. The van der Waals surface area contributed by atoms with Crippen molar-refractivity contribution in [3.05, 3.63) is 12.2 Å². The molecule has 1 aliphatic rings. The number of nitrogens with one attached hydrogen (secondary N) is 1. The van der Waals surface area contributed by atoms with Crippen molar-refractivity contribution in [2.75, 3.05) is 12.6 Å². The molecule has 29 heavy (non-hydrogen) atoms. The number of imidazole rings is 1. The molecule has 3 rings (SSSR count). The van der Waals surface area contributed by atoms with Gasteiger partial charge < -0.3 is 20.7 Å². The fraction of sp³-hybridized carbons (Fsp3) is 0.556. The zero-order valence-electron chi connectivity index (χ0n) is 16.2. The molecule has 0 aromatic carbocycles. The molecule has 4 atom stereocenters. The van der Waals surface area contributed by atoms with E-state index in [-0.39, 0.29) is 12.2 Å². The summed E-state index contributed by atoms with van der Waals surface area (Å²) in [4.78, 5) is 29.1. The normalized spacial score (nSPS) is 23.7. The maximum absolute atomic E-state index is 11.2. The van der Waals surface area contributed by atoms with E-state index < -0.39 is 30.4 Å². The van der Waals surface area contributed by atoms with Crippen LogP contribution in [0.15, 0.2) is 6.33 Å². The number of carbonyl (C=O) groups is 1. The third kappa shape index (κ3) is 4.46. The fourth-order valence-electron chi connectivity index (χ4n) is 3.06. The van der Waals surface area contributed by atoms with Gasteiger partial charge in [0, 0.05) is 6.42 Å². The highest BCUT2D eigenvalue weighted by Gasteiger charge is 2.44. The quantitative estimate of drug-likeness (QED) is 0.279. The van der Waals surface area contributed by atoms with Crippen LogP contribution in [0.5, 0.6) is 0 Å². The number of aromatic nitrogens is 4. The van der Waals surface area contributed by atoms with E-state index in [1.807, 2.05) is 0 Å². The molecule has 1 aliphatic heterocycles. The number of anilines is 1. The van der Waals surface area contributed by atoms with E-state index in [0.29, 0.717) is 17.0 Å². The lowest BCUT2D eigenvalue weighted by molar-refractivity contribution is -0.122. The van der Waals surface area contributed by atoms with E-state index in [9.17, 15) is 15.0 Å². The number of ether oxygens (including phenoxy) is 1. The van der Waals surface area contributed by atoms with Crippen LogP contribution in [-0.4, -0.2) is 61.1 Å². The standard InChI is InChI=1S/C18H24N6O5/c1-3-4-5-6-7-12-21-16(23-28-2)13-17(22-12)24(9-20-13)18-15(27)14(26)10(29-18)8-11(19)25/h9-10,14-15,18,26-27H,3-5,8H2,1-2H3,(H2,19,25)(H,21,22,23)/t10-,14-,15+,18+/m0/s1. The highest BCUT2D eigenvalue weighted by atomic mass is 16.6. The van der Waals surface area contributed by atoms with Gasteiger partial charge in [0.1, 0.15) is 12.2 Å². The number of amides is 1. The van der Waals surface area contributed by atoms with Crippen molar-refractivity contribution in [2.24, 2.45) is 5.73 Å². The Balaban J connectivity index is 1.99. The Morgan fingerprint density at radius 2 is 2.21 bits per heavy atom. The van der Waals surface area contributed by atoms with Crippen LogP contribution >= 0.6 is 0 Å². The topological polar surface area (TPSA) is 158 Å². The summed E-state index contributed by atoms with van der Waals surface area (Å²) >= 11 is 0. The zero-order chi connectivity index (χ0) is 21.0. The van der Waals surface area contributed by atoms with Gasteiger partial charge in [-0.05, 0) is 12.3 Å². The molecule has 0 spiro atoms. The van der Waals surface area contributed by atoms with Gasteiger partial charge in [0.15, 0.2) is 23.2 Å². The van der Waals surface area contributed by atoms with Gasteiger partial charge >= 0.3 is 0 Å². The van der Waals surface area contributed by atoms with Crippen molar-refractivity contribution in [3.63, 3.8) is 0 Å². The molecule has 2 aromatic heterocycles. The molecular weight excluding hydrogens is 380 g/mol. The predicted molar refractivity (Wildman–Crippen MR) is 102 cm³/mol. The molecule has 1 fully saturated rings. The molecule has 1 amide bonds. The van der Waals surface area contributed by atoms with Crippen LogP contribution in [0.25, 0.3) is 11.2 Å². The van der Waals surface area contributed by atoms with Crippen molar-refractivity contribution in [1.29, 1.82) is 0 Å². The number of rotatable bonds is 7. The van der Waals surface area contributed by atoms with Crippen molar-refractivity contribution in [3.8, 4) is 11.8 Å². The average molecular weight is 404 g/mol. The van der Waals surface area contributed by atoms with Crippen LogP contribution in [0.3, 0.4) is 0 Å². The van der Waals surface area contributed by atoms with Gasteiger partial charge in [-0.25, -0.2) is 15.4 Å². The van der Waals surface area contributed by atoms with Crippen LogP contribution in [-0.2, 0) is 14.4 Å². The Labute approximate surface area is 167 Å². The molecule has 0 bridgehead atoms. The SMILES string of the molecule is CCCCC#Cc1nc(NOC)c2ncn([C@@H]3O[C@@H](CC(N)=O)[C@H](O)[C@H]3O)c2n1. The third-order valence-electron chi connectivity index (χ3n) is 4.49. The second-order valence-corrected chi connectivity index (χ2v) is 6.65. The van der Waals surface area contributed by atoms with Gasteiger partial charge in [-0.2, -0.15) is 4.98 Å². The summed E-state index contributed by atoms with van der Waals surface area (Å²) in [6, 6.07) is 0. The number of aliphatic hydroxyl groups excluding tert-OH is 2. The number of carbonyl (C=O) groups excluding carboxylic acids is 1. The highest BCUT2D eigenvalue weighted by molar-refractivity contribution is 5.83. The van der Waals surface area contributed by atoms with Gasteiger partial charge in [-0.3, -0.25) is 14.2 Å². The lowest BCUT2D eigenvalue weighted by atomic mass is 10.1. The summed E-state index contributed by atoms with van der Waals surface area (Å²) in [6.45, 7) is 2.08. The molecular formula is C18H24N6O5. The number of hydrogen-bond acceptors (Lipinski definition) is 9. The van der Waals surface area contributed by atoms with Crippen molar-refractivity contribution in [1.82, 2.24) is 19.5 Å². The first-order valence-corrected chi connectivity index (χ1v) is 9.28. The van der Waals surface area contributed by atoms with Crippen molar-refractivity contribution < 1.29 is 24.6 Å². The van der Waals surface area contributed by atoms with Crippen LogP contribution < -0.4 is 11.2 Å². The van der Waals surface area contributed by atoms with E-state index in [2.05, 4.69) is 39.2 Å². The van der Waals surface area contributed by atoms with Crippen molar-refractivity contribution >= 4 is 22.9 Å². The molecule has 1 saturated heterocycles. The number of nitrogens with zero attached hydrogens (tertiary/aromatic N) is 4. The first-order chi connectivity index (χ1) is 14.0. The number of unbranched alkanes of at least 4 members (excludes halogenated alkanes) is 2. The first kappa shape index (κ1) is 20.9. The molecule has 3 heterocycles. The fourth-order valence-corrected chi connectivity index (χ4v) is 3.06. The van der Waals surface area contributed by atoms with Crippen LogP contribution in [0.1, 0.15) is 44.7 Å². The molecule has 0 radical (unpaired) electrons. The van der Waals surface area contributed by atoms with Gasteiger partial charge in [0.25, 0.3) is 0 Å². The lowest BCUT2D eigenvalue weighted by Gasteiger charge is -2.16. The summed E-state index contributed by atoms with van der Waals surface area (Å²) < 4.78 is 7.14. The summed E-state index contributed by atoms with van der Waals surface area (Å²) in [5.74, 6) is 5.83. The first-order valence-electron chi connectivity index (χ1n) is 9.28. The van der Waals surface area contributed by atoms with Gasteiger partial charge in [-0.1, -0.05) is 19.3 Å². The maximum atomic E-state index is 11.2. The maximum Gasteiger partial charge on any atom is 0.220 e. The van der Waals surface area contributed by atoms with E-state index in [1.165, 1.54) is 18.0 Å². The largest absolute Gasteiger partial charge is 0.388 e. The monoisotopic (exact) mass is 404 g/mol. The van der Waals surface area contributed by atoms with Crippen LogP contribution in [0.4, 0.5) is 5.82 Å². The Morgan fingerprint density at radius 3 is 2.90 bits per heavy atom. The third-order valence-corrected chi connectivity index (χ3v) is 4.49.